The normalized spacial score (nSPS) is 21.5. The quantitative estimate of drug-likeness (QED) is 0.863. The van der Waals surface area contributed by atoms with Gasteiger partial charge in [0.1, 0.15) is 0 Å². The minimum absolute atomic E-state index is 0.0125. The molecule has 1 unspecified atom stereocenters. The summed E-state index contributed by atoms with van der Waals surface area (Å²) in [6.45, 7) is 3.58. The third-order valence-electron chi connectivity index (χ3n) is 3.44. The maximum atomic E-state index is 12.4. The van der Waals surface area contributed by atoms with Gasteiger partial charge in [-0.05, 0) is 18.4 Å². The molecule has 92 valence electrons. The van der Waals surface area contributed by atoms with Crippen LogP contribution in [-0.2, 0) is 4.79 Å². The van der Waals surface area contributed by atoms with E-state index in [0.29, 0.717) is 6.54 Å². The first-order valence-electron chi connectivity index (χ1n) is 6.31. The maximum absolute atomic E-state index is 12.4. The Morgan fingerprint density at radius 3 is 2.71 bits per heavy atom. The van der Waals surface area contributed by atoms with Crippen molar-refractivity contribution in [2.24, 2.45) is 5.73 Å². The molecule has 1 saturated heterocycles. The van der Waals surface area contributed by atoms with Gasteiger partial charge in [0, 0.05) is 19.1 Å². The van der Waals surface area contributed by atoms with Crippen LogP contribution in [0.25, 0.3) is 0 Å². The van der Waals surface area contributed by atoms with Crippen LogP contribution in [0.5, 0.6) is 0 Å². The van der Waals surface area contributed by atoms with E-state index in [1.807, 2.05) is 35.2 Å². The van der Waals surface area contributed by atoms with Crippen molar-refractivity contribution in [3.05, 3.63) is 35.9 Å². The third-order valence-corrected chi connectivity index (χ3v) is 3.44. The Kier molecular flexibility index (Phi) is 3.79. The van der Waals surface area contributed by atoms with Crippen LogP contribution in [0.3, 0.4) is 0 Å². The van der Waals surface area contributed by atoms with Crippen LogP contribution < -0.4 is 5.73 Å². The molecule has 0 spiro atoms. The number of carbonyl (C=O) groups excluding carboxylic acids is 1. The van der Waals surface area contributed by atoms with Crippen molar-refractivity contribution in [3.8, 4) is 0 Å². The van der Waals surface area contributed by atoms with Crippen molar-refractivity contribution < 1.29 is 4.79 Å². The van der Waals surface area contributed by atoms with E-state index in [1.165, 1.54) is 0 Å². The fraction of sp³-hybridized carbons (Fsp3) is 0.500. The Bertz CT molecular complexity index is 377. The molecule has 2 N–H and O–H groups in total. The molecular weight excluding hydrogens is 212 g/mol. The number of benzene rings is 1. The predicted molar refractivity (Wildman–Crippen MR) is 68.6 cm³/mol. The monoisotopic (exact) mass is 232 g/mol. The number of rotatable bonds is 3. The molecule has 1 aromatic carbocycles. The number of likely N-dealkylation sites (tertiary alicyclic amines) is 1. The van der Waals surface area contributed by atoms with Gasteiger partial charge in [-0.25, -0.2) is 0 Å². The van der Waals surface area contributed by atoms with Crippen molar-refractivity contribution >= 4 is 5.91 Å². The SMILES string of the molecule is CCC(C(=O)N1CC[C@@H](N)C1)c1ccccc1. The molecule has 1 fully saturated rings. The summed E-state index contributed by atoms with van der Waals surface area (Å²) in [5.74, 6) is 0.216. The number of hydrogen-bond acceptors (Lipinski definition) is 2. The van der Waals surface area contributed by atoms with E-state index in [0.717, 1.165) is 24.9 Å². The molecule has 1 amide bonds. The Labute approximate surface area is 103 Å². The van der Waals surface area contributed by atoms with Crippen molar-refractivity contribution in [1.82, 2.24) is 4.90 Å². The Morgan fingerprint density at radius 1 is 1.47 bits per heavy atom. The fourth-order valence-corrected chi connectivity index (χ4v) is 2.45. The van der Waals surface area contributed by atoms with Crippen LogP contribution in [0.2, 0.25) is 0 Å². The van der Waals surface area contributed by atoms with E-state index in [9.17, 15) is 4.79 Å². The van der Waals surface area contributed by atoms with Gasteiger partial charge in [0.2, 0.25) is 5.91 Å². The average Bonchev–Trinajstić information content (AvgIpc) is 2.78. The Balaban J connectivity index is 2.11. The summed E-state index contributed by atoms with van der Waals surface area (Å²) in [5, 5.41) is 0. The van der Waals surface area contributed by atoms with E-state index in [2.05, 4.69) is 6.92 Å². The summed E-state index contributed by atoms with van der Waals surface area (Å²) < 4.78 is 0. The summed E-state index contributed by atoms with van der Waals surface area (Å²) in [7, 11) is 0. The first-order chi connectivity index (χ1) is 8.22. The van der Waals surface area contributed by atoms with Gasteiger partial charge in [0.15, 0.2) is 0 Å². The summed E-state index contributed by atoms with van der Waals surface area (Å²) in [5.41, 5.74) is 6.96. The number of hydrogen-bond donors (Lipinski definition) is 1. The van der Waals surface area contributed by atoms with Crippen molar-refractivity contribution in [2.45, 2.75) is 31.7 Å². The highest BCUT2D eigenvalue weighted by molar-refractivity contribution is 5.84. The first-order valence-corrected chi connectivity index (χ1v) is 6.31. The fourth-order valence-electron chi connectivity index (χ4n) is 2.45. The van der Waals surface area contributed by atoms with Crippen molar-refractivity contribution in [1.29, 1.82) is 0 Å². The summed E-state index contributed by atoms with van der Waals surface area (Å²) in [4.78, 5) is 14.3. The summed E-state index contributed by atoms with van der Waals surface area (Å²) in [6, 6.07) is 10.2. The second-order valence-electron chi connectivity index (χ2n) is 4.70. The highest BCUT2D eigenvalue weighted by Crippen LogP contribution is 2.23. The highest BCUT2D eigenvalue weighted by Gasteiger charge is 2.29. The van der Waals surface area contributed by atoms with E-state index in [1.54, 1.807) is 0 Å². The van der Waals surface area contributed by atoms with Crippen molar-refractivity contribution in [3.63, 3.8) is 0 Å². The topological polar surface area (TPSA) is 46.3 Å². The van der Waals surface area contributed by atoms with Gasteiger partial charge >= 0.3 is 0 Å². The second kappa shape index (κ2) is 5.32. The lowest BCUT2D eigenvalue weighted by Gasteiger charge is -2.22. The number of nitrogens with two attached hydrogens (primary N) is 1. The van der Waals surface area contributed by atoms with Crippen LogP contribution in [0.1, 0.15) is 31.2 Å². The lowest BCUT2D eigenvalue weighted by atomic mass is 9.95. The molecule has 3 heteroatoms. The van der Waals surface area contributed by atoms with E-state index in [-0.39, 0.29) is 17.9 Å². The number of carbonyl (C=O) groups is 1. The molecule has 0 bridgehead atoms. The molecule has 1 heterocycles. The van der Waals surface area contributed by atoms with E-state index >= 15 is 0 Å². The molecule has 1 aliphatic heterocycles. The maximum Gasteiger partial charge on any atom is 0.230 e. The molecule has 3 nitrogen and oxygen atoms in total. The average molecular weight is 232 g/mol. The zero-order chi connectivity index (χ0) is 12.3. The summed E-state index contributed by atoms with van der Waals surface area (Å²) in [6.07, 6.45) is 1.77. The second-order valence-corrected chi connectivity index (χ2v) is 4.70. The van der Waals surface area contributed by atoms with Gasteiger partial charge in [-0.1, -0.05) is 37.3 Å². The number of nitrogens with zero attached hydrogens (tertiary/aromatic N) is 1. The molecule has 2 rings (SSSR count). The molecule has 1 aromatic rings. The zero-order valence-electron chi connectivity index (χ0n) is 10.3. The van der Waals surface area contributed by atoms with Gasteiger partial charge in [0.05, 0.1) is 5.92 Å². The molecule has 17 heavy (non-hydrogen) atoms. The molecular formula is C14H20N2O. The molecule has 1 aliphatic rings. The van der Waals surface area contributed by atoms with Crippen LogP contribution in [0.15, 0.2) is 30.3 Å². The van der Waals surface area contributed by atoms with Crippen LogP contribution in [0.4, 0.5) is 0 Å². The van der Waals surface area contributed by atoms with Crippen LogP contribution >= 0.6 is 0 Å². The predicted octanol–water partition coefficient (Wildman–Crippen LogP) is 1.74. The van der Waals surface area contributed by atoms with Gasteiger partial charge in [-0.2, -0.15) is 0 Å². The van der Waals surface area contributed by atoms with Crippen LogP contribution in [-0.4, -0.2) is 29.9 Å². The number of amides is 1. The summed E-state index contributed by atoms with van der Waals surface area (Å²) >= 11 is 0. The largest absolute Gasteiger partial charge is 0.341 e. The highest BCUT2D eigenvalue weighted by atomic mass is 16.2. The molecule has 2 atom stereocenters. The molecule has 0 saturated carbocycles. The minimum atomic E-state index is -0.0125. The Hall–Kier alpha value is -1.35. The van der Waals surface area contributed by atoms with Gasteiger partial charge in [-0.3, -0.25) is 4.79 Å². The molecule has 0 radical (unpaired) electrons. The smallest absolute Gasteiger partial charge is 0.230 e. The van der Waals surface area contributed by atoms with Gasteiger partial charge in [-0.15, -0.1) is 0 Å². The minimum Gasteiger partial charge on any atom is -0.341 e. The zero-order valence-corrected chi connectivity index (χ0v) is 10.3. The third kappa shape index (κ3) is 2.67. The van der Waals surface area contributed by atoms with Crippen molar-refractivity contribution in [2.75, 3.05) is 13.1 Å². The molecule has 0 aliphatic carbocycles. The van der Waals surface area contributed by atoms with Gasteiger partial charge in [0.25, 0.3) is 0 Å². The van der Waals surface area contributed by atoms with Gasteiger partial charge < -0.3 is 10.6 Å². The van der Waals surface area contributed by atoms with E-state index < -0.39 is 0 Å². The molecule has 0 aromatic heterocycles. The Morgan fingerprint density at radius 2 is 2.18 bits per heavy atom. The van der Waals surface area contributed by atoms with Crippen LogP contribution in [0, 0.1) is 0 Å². The van der Waals surface area contributed by atoms with E-state index in [4.69, 9.17) is 5.73 Å². The lowest BCUT2D eigenvalue weighted by Crippen LogP contribution is -2.35. The lowest BCUT2D eigenvalue weighted by molar-refractivity contribution is -0.131. The first kappa shape index (κ1) is 12.1. The standard InChI is InChI=1S/C14H20N2O/c1-2-13(11-6-4-3-5-7-11)14(17)16-9-8-12(15)10-16/h3-7,12-13H,2,8-10,15H2,1H3/t12-,13?/m1/s1.